The monoisotopic (exact) mass is 419 g/mol. The second-order valence-electron chi connectivity index (χ2n) is 6.83. The van der Waals surface area contributed by atoms with Gasteiger partial charge in [0.05, 0.1) is 17.8 Å². The summed E-state index contributed by atoms with van der Waals surface area (Å²) in [6, 6.07) is 13.0. The van der Waals surface area contributed by atoms with Crippen LogP contribution in [0.3, 0.4) is 0 Å². The van der Waals surface area contributed by atoms with E-state index in [1.807, 2.05) is 0 Å². The minimum atomic E-state index is -0.569. The zero-order valence-corrected chi connectivity index (χ0v) is 16.0. The van der Waals surface area contributed by atoms with Crippen molar-refractivity contribution in [3.8, 4) is 34.3 Å². The molecule has 3 heterocycles. The summed E-state index contributed by atoms with van der Waals surface area (Å²) in [5.74, 6) is -0.546. The number of hydrogen-bond donors (Lipinski definition) is 1. The fourth-order valence-corrected chi connectivity index (χ4v) is 3.32. The van der Waals surface area contributed by atoms with Crippen LogP contribution in [-0.4, -0.2) is 32.2 Å². The molecule has 0 spiro atoms. The van der Waals surface area contributed by atoms with Gasteiger partial charge in [0.1, 0.15) is 34.5 Å². The number of fused-ring (bicyclic) bond motifs is 1. The quantitative estimate of drug-likeness (QED) is 0.544. The molecule has 0 radical (unpaired) electrons. The Hall–Kier alpha value is -4.14. The predicted molar refractivity (Wildman–Crippen MR) is 107 cm³/mol. The third-order valence-electron chi connectivity index (χ3n) is 4.78. The summed E-state index contributed by atoms with van der Waals surface area (Å²) in [7, 11) is 0. The molecule has 1 aliphatic rings. The number of carbonyl (C=O) groups excluding carboxylic acids is 1. The van der Waals surface area contributed by atoms with Crippen LogP contribution < -0.4 is 10.1 Å². The molecule has 4 aromatic rings. The molecule has 0 saturated heterocycles. The summed E-state index contributed by atoms with van der Waals surface area (Å²) in [6.07, 6.45) is 1.49. The molecule has 2 aromatic heterocycles. The van der Waals surface area contributed by atoms with E-state index < -0.39 is 11.6 Å². The van der Waals surface area contributed by atoms with Crippen LogP contribution >= 0.6 is 0 Å². The second-order valence-corrected chi connectivity index (χ2v) is 6.83. The molecule has 0 bridgehead atoms. The highest BCUT2D eigenvalue weighted by molar-refractivity contribution is 5.94. The van der Waals surface area contributed by atoms with Crippen LogP contribution in [-0.2, 0) is 6.54 Å². The molecule has 0 saturated carbocycles. The minimum Gasteiger partial charge on any atom is -0.456 e. The fourth-order valence-electron chi connectivity index (χ4n) is 3.32. The van der Waals surface area contributed by atoms with Gasteiger partial charge >= 0.3 is 0 Å². The Morgan fingerprint density at radius 2 is 1.87 bits per heavy atom. The number of ether oxygens (including phenoxy) is 1. The van der Waals surface area contributed by atoms with Crippen molar-refractivity contribution in [1.29, 1.82) is 0 Å². The van der Waals surface area contributed by atoms with Crippen LogP contribution in [0.2, 0.25) is 0 Å². The number of carbonyl (C=O) groups is 1. The first-order chi connectivity index (χ1) is 15.1. The van der Waals surface area contributed by atoms with E-state index >= 15 is 0 Å². The Morgan fingerprint density at radius 3 is 2.68 bits per heavy atom. The zero-order valence-electron chi connectivity index (χ0n) is 16.0. The number of aromatic nitrogens is 4. The van der Waals surface area contributed by atoms with Gasteiger partial charge in [0, 0.05) is 12.7 Å². The highest BCUT2D eigenvalue weighted by Gasteiger charge is 2.21. The molecule has 0 fully saturated rings. The Bertz CT molecular complexity index is 1290. The SMILES string of the molecule is O=C1NCCn2nc(-c3ccnc(-c4c(F)cccc4Oc4ccc(F)cc4)n3)cc21. The summed E-state index contributed by atoms with van der Waals surface area (Å²) in [5, 5.41) is 7.19. The number of benzene rings is 2. The largest absolute Gasteiger partial charge is 0.456 e. The molecule has 9 heteroatoms. The molecule has 1 aliphatic heterocycles. The number of hydrogen-bond acceptors (Lipinski definition) is 5. The molecular weight excluding hydrogens is 404 g/mol. The van der Waals surface area contributed by atoms with Gasteiger partial charge in [-0.2, -0.15) is 5.10 Å². The third-order valence-corrected chi connectivity index (χ3v) is 4.78. The van der Waals surface area contributed by atoms with Crippen LogP contribution in [0.1, 0.15) is 10.5 Å². The first kappa shape index (κ1) is 18.9. The van der Waals surface area contributed by atoms with Crippen molar-refractivity contribution in [3.05, 3.63) is 78.1 Å². The lowest BCUT2D eigenvalue weighted by Gasteiger charge is -2.13. The minimum absolute atomic E-state index is 0.0652. The average molecular weight is 419 g/mol. The van der Waals surface area contributed by atoms with Crippen molar-refractivity contribution in [1.82, 2.24) is 25.1 Å². The first-order valence-electron chi connectivity index (χ1n) is 9.50. The Kier molecular flexibility index (Phi) is 4.62. The maximum absolute atomic E-state index is 14.8. The van der Waals surface area contributed by atoms with Crippen molar-refractivity contribution in [2.45, 2.75) is 6.54 Å². The van der Waals surface area contributed by atoms with Crippen LogP contribution in [0.4, 0.5) is 8.78 Å². The molecule has 1 amide bonds. The number of nitrogens with zero attached hydrogens (tertiary/aromatic N) is 4. The van der Waals surface area contributed by atoms with E-state index in [0.29, 0.717) is 35.9 Å². The van der Waals surface area contributed by atoms with E-state index in [4.69, 9.17) is 4.74 Å². The van der Waals surface area contributed by atoms with Crippen molar-refractivity contribution < 1.29 is 18.3 Å². The van der Waals surface area contributed by atoms with E-state index in [1.165, 1.54) is 42.6 Å². The van der Waals surface area contributed by atoms with Gasteiger partial charge in [-0.3, -0.25) is 9.48 Å². The Morgan fingerprint density at radius 1 is 1.03 bits per heavy atom. The van der Waals surface area contributed by atoms with E-state index in [0.717, 1.165) is 0 Å². The maximum atomic E-state index is 14.8. The van der Waals surface area contributed by atoms with Crippen molar-refractivity contribution in [2.24, 2.45) is 0 Å². The summed E-state index contributed by atoms with van der Waals surface area (Å²) in [5.41, 5.74) is 1.42. The average Bonchev–Trinajstić information content (AvgIpc) is 3.22. The molecule has 0 unspecified atom stereocenters. The standard InChI is InChI=1S/C22H15F2N5O2/c23-13-4-6-14(7-5-13)31-19-3-1-2-15(24)20(19)21-25-9-8-16(27-21)17-12-18-22(30)26-10-11-29(18)28-17/h1-9,12H,10-11H2,(H,26,30). The van der Waals surface area contributed by atoms with Crippen LogP contribution in [0.15, 0.2) is 60.8 Å². The third kappa shape index (κ3) is 3.61. The van der Waals surface area contributed by atoms with Gasteiger partial charge in [0.2, 0.25) is 0 Å². The molecular formula is C22H15F2N5O2. The van der Waals surface area contributed by atoms with Crippen LogP contribution in [0.5, 0.6) is 11.5 Å². The van der Waals surface area contributed by atoms with E-state index in [1.54, 1.807) is 22.9 Å². The second kappa shape index (κ2) is 7.60. The molecule has 7 nitrogen and oxygen atoms in total. The van der Waals surface area contributed by atoms with Gasteiger partial charge in [0.25, 0.3) is 5.91 Å². The first-order valence-corrected chi connectivity index (χ1v) is 9.50. The lowest BCUT2D eigenvalue weighted by Crippen LogP contribution is -2.35. The van der Waals surface area contributed by atoms with Crippen molar-refractivity contribution in [2.75, 3.05) is 6.54 Å². The number of rotatable bonds is 4. The van der Waals surface area contributed by atoms with Gasteiger partial charge < -0.3 is 10.1 Å². The summed E-state index contributed by atoms with van der Waals surface area (Å²) >= 11 is 0. The normalized spacial score (nSPS) is 12.9. The number of halogens is 2. The molecule has 154 valence electrons. The Balaban J connectivity index is 1.54. The molecule has 5 rings (SSSR count). The van der Waals surface area contributed by atoms with E-state index in [9.17, 15) is 13.6 Å². The number of amides is 1. The van der Waals surface area contributed by atoms with Crippen molar-refractivity contribution in [3.63, 3.8) is 0 Å². The molecule has 0 aliphatic carbocycles. The fraction of sp³-hybridized carbons (Fsp3) is 0.0909. The van der Waals surface area contributed by atoms with Crippen molar-refractivity contribution >= 4 is 5.91 Å². The van der Waals surface area contributed by atoms with Gasteiger partial charge in [-0.15, -0.1) is 0 Å². The molecule has 2 aromatic carbocycles. The lowest BCUT2D eigenvalue weighted by molar-refractivity contribution is 0.0924. The summed E-state index contributed by atoms with van der Waals surface area (Å²) in [4.78, 5) is 20.7. The zero-order chi connectivity index (χ0) is 21.4. The Labute approximate surface area is 175 Å². The molecule has 0 atom stereocenters. The highest BCUT2D eigenvalue weighted by Crippen LogP contribution is 2.34. The lowest BCUT2D eigenvalue weighted by atomic mass is 10.1. The topological polar surface area (TPSA) is 81.9 Å². The van der Waals surface area contributed by atoms with Gasteiger partial charge in [-0.05, 0) is 48.5 Å². The summed E-state index contributed by atoms with van der Waals surface area (Å²) < 4.78 is 35.3. The highest BCUT2D eigenvalue weighted by atomic mass is 19.1. The molecule has 1 N–H and O–H groups in total. The van der Waals surface area contributed by atoms with Crippen LogP contribution in [0.25, 0.3) is 22.8 Å². The van der Waals surface area contributed by atoms with Gasteiger partial charge in [-0.1, -0.05) is 6.07 Å². The predicted octanol–water partition coefficient (Wildman–Crippen LogP) is 3.82. The van der Waals surface area contributed by atoms with E-state index in [-0.39, 0.29) is 23.0 Å². The number of nitrogens with one attached hydrogen (secondary N) is 1. The maximum Gasteiger partial charge on any atom is 0.269 e. The van der Waals surface area contributed by atoms with Crippen LogP contribution in [0, 0.1) is 11.6 Å². The smallest absolute Gasteiger partial charge is 0.269 e. The molecule has 31 heavy (non-hydrogen) atoms. The van der Waals surface area contributed by atoms with Gasteiger partial charge in [0.15, 0.2) is 5.82 Å². The summed E-state index contributed by atoms with van der Waals surface area (Å²) in [6.45, 7) is 1.06. The van der Waals surface area contributed by atoms with Gasteiger partial charge in [-0.25, -0.2) is 18.7 Å². The van der Waals surface area contributed by atoms with E-state index in [2.05, 4.69) is 20.4 Å².